The summed E-state index contributed by atoms with van der Waals surface area (Å²) >= 11 is 0. The van der Waals surface area contributed by atoms with Gasteiger partial charge in [0.05, 0.1) is 0 Å². The van der Waals surface area contributed by atoms with Gasteiger partial charge >= 0.3 is 0 Å². The number of benzene rings is 1. The summed E-state index contributed by atoms with van der Waals surface area (Å²) in [6, 6.07) is 10.0. The molecule has 2 nitrogen and oxygen atoms in total. The Morgan fingerprint density at radius 1 is 1.14 bits per heavy atom. The average Bonchev–Trinajstić information content (AvgIpc) is 3.03. The predicted molar refractivity (Wildman–Crippen MR) is 91.2 cm³/mol. The minimum atomic E-state index is 0. The molecule has 21 heavy (non-hydrogen) atoms. The number of fused-ring (bicyclic) bond motifs is 3. The van der Waals surface area contributed by atoms with E-state index in [2.05, 4.69) is 41.5 Å². The van der Waals surface area contributed by atoms with Crippen molar-refractivity contribution in [1.82, 2.24) is 10.3 Å². The second-order valence-corrected chi connectivity index (χ2v) is 6.79. The Balaban J connectivity index is 0.00000132. The number of aromatic nitrogens is 1. The van der Waals surface area contributed by atoms with Crippen LogP contribution in [0.1, 0.15) is 56.3 Å². The molecular weight excluding hydrogens is 280 g/mol. The first kappa shape index (κ1) is 14.9. The van der Waals surface area contributed by atoms with E-state index in [0.717, 1.165) is 12.0 Å². The summed E-state index contributed by atoms with van der Waals surface area (Å²) in [4.78, 5) is 3.69. The topological polar surface area (TPSA) is 27.8 Å². The van der Waals surface area contributed by atoms with Crippen LogP contribution in [0.25, 0.3) is 10.9 Å². The predicted octanol–water partition coefficient (Wildman–Crippen LogP) is 4.75. The smallest absolute Gasteiger partial charge is 0.0478 e. The molecule has 0 bridgehead atoms. The minimum Gasteiger partial charge on any atom is -0.357 e. The van der Waals surface area contributed by atoms with Crippen LogP contribution in [-0.2, 0) is 6.42 Å². The molecule has 1 saturated carbocycles. The largest absolute Gasteiger partial charge is 0.357 e. The maximum atomic E-state index is 3.93. The lowest BCUT2D eigenvalue weighted by molar-refractivity contribution is 0.386. The van der Waals surface area contributed by atoms with Gasteiger partial charge in [-0.25, -0.2) is 0 Å². The van der Waals surface area contributed by atoms with Crippen LogP contribution in [0, 0.1) is 5.92 Å². The first-order valence-electron chi connectivity index (χ1n) is 8.17. The molecule has 1 aromatic carbocycles. The molecule has 114 valence electrons. The van der Waals surface area contributed by atoms with Gasteiger partial charge in [-0.05, 0) is 56.1 Å². The van der Waals surface area contributed by atoms with Crippen molar-refractivity contribution in [2.75, 3.05) is 0 Å². The Morgan fingerprint density at radius 3 is 2.81 bits per heavy atom. The van der Waals surface area contributed by atoms with Gasteiger partial charge in [-0.2, -0.15) is 0 Å². The van der Waals surface area contributed by atoms with Crippen LogP contribution in [0.15, 0.2) is 24.3 Å². The van der Waals surface area contributed by atoms with Crippen LogP contribution in [0.3, 0.4) is 0 Å². The zero-order chi connectivity index (χ0) is 13.5. The fourth-order valence-corrected chi connectivity index (χ4v) is 4.22. The van der Waals surface area contributed by atoms with Crippen LogP contribution in [0.2, 0.25) is 0 Å². The van der Waals surface area contributed by atoms with E-state index in [4.69, 9.17) is 0 Å². The molecule has 2 aliphatic carbocycles. The van der Waals surface area contributed by atoms with Gasteiger partial charge in [-0.15, -0.1) is 12.4 Å². The van der Waals surface area contributed by atoms with Crippen LogP contribution in [-0.4, -0.2) is 11.0 Å². The van der Waals surface area contributed by atoms with E-state index in [0.29, 0.717) is 6.04 Å². The Morgan fingerprint density at radius 2 is 2.00 bits per heavy atom. The third-order valence-electron chi connectivity index (χ3n) is 5.25. The lowest BCUT2D eigenvalue weighted by Crippen LogP contribution is -2.33. The molecule has 3 unspecified atom stereocenters. The second-order valence-electron chi connectivity index (χ2n) is 6.79. The summed E-state index contributed by atoms with van der Waals surface area (Å²) in [5, 5.41) is 5.37. The van der Waals surface area contributed by atoms with Gasteiger partial charge in [0.2, 0.25) is 0 Å². The first-order valence-corrected chi connectivity index (χ1v) is 8.17. The lowest BCUT2D eigenvalue weighted by atomic mass is 9.91. The number of aryl methyl sites for hydroxylation is 1. The Kier molecular flexibility index (Phi) is 4.28. The number of para-hydroxylation sites is 1. The fourth-order valence-electron chi connectivity index (χ4n) is 4.22. The van der Waals surface area contributed by atoms with Gasteiger partial charge in [0, 0.05) is 28.7 Å². The molecule has 3 heteroatoms. The molecular formula is C18H25ClN2. The van der Waals surface area contributed by atoms with E-state index >= 15 is 0 Å². The Labute approximate surface area is 133 Å². The Bertz CT molecular complexity index is 619. The van der Waals surface area contributed by atoms with E-state index in [1.165, 1.54) is 55.1 Å². The molecule has 0 spiro atoms. The summed E-state index contributed by atoms with van der Waals surface area (Å²) in [6.07, 6.45) is 7.93. The molecule has 2 N–H and O–H groups in total. The highest BCUT2D eigenvalue weighted by molar-refractivity contribution is 5.85. The number of hydrogen-bond donors (Lipinski definition) is 2. The van der Waals surface area contributed by atoms with E-state index in [1.54, 1.807) is 5.56 Å². The lowest BCUT2D eigenvalue weighted by Gasteiger charge is -2.27. The highest BCUT2D eigenvalue weighted by atomic mass is 35.5. The maximum absolute atomic E-state index is 3.93. The van der Waals surface area contributed by atoms with Gasteiger partial charge in [-0.3, -0.25) is 0 Å². The molecule has 0 aliphatic heterocycles. The van der Waals surface area contributed by atoms with E-state index in [-0.39, 0.29) is 12.4 Å². The molecule has 1 aromatic heterocycles. The van der Waals surface area contributed by atoms with Crippen molar-refractivity contribution < 1.29 is 0 Å². The standard InChI is InChI=1S/C18H24N2.ClH/c1-12-9-10-13(11-12)19-17-8-4-6-15-14-5-2-3-7-16(14)20-18(15)17;/h2-3,5,7,12-13,17,19-20H,4,6,8-11H2,1H3;1H. The molecule has 1 fully saturated rings. The monoisotopic (exact) mass is 304 g/mol. The normalized spacial score (nSPS) is 28.3. The van der Waals surface area contributed by atoms with Crippen LogP contribution in [0.4, 0.5) is 0 Å². The van der Waals surface area contributed by atoms with Gasteiger partial charge in [0.1, 0.15) is 0 Å². The molecule has 2 aromatic rings. The number of H-pyrrole nitrogens is 1. The van der Waals surface area contributed by atoms with Gasteiger partial charge in [0.25, 0.3) is 0 Å². The minimum absolute atomic E-state index is 0. The molecule has 0 amide bonds. The number of hydrogen-bond acceptors (Lipinski definition) is 1. The Hall–Kier alpha value is -0.990. The van der Waals surface area contributed by atoms with Crippen molar-refractivity contribution in [3.05, 3.63) is 35.5 Å². The second kappa shape index (κ2) is 6.02. The first-order chi connectivity index (χ1) is 9.81. The van der Waals surface area contributed by atoms with Crippen LogP contribution < -0.4 is 5.32 Å². The van der Waals surface area contributed by atoms with Gasteiger partial charge < -0.3 is 10.3 Å². The van der Waals surface area contributed by atoms with Crippen LogP contribution in [0.5, 0.6) is 0 Å². The van der Waals surface area contributed by atoms with Crippen LogP contribution >= 0.6 is 12.4 Å². The summed E-state index contributed by atoms with van der Waals surface area (Å²) in [6.45, 7) is 2.39. The number of halogens is 1. The van der Waals surface area contributed by atoms with Crippen molar-refractivity contribution in [2.45, 2.75) is 57.5 Å². The van der Waals surface area contributed by atoms with E-state index < -0.39 is 0 Å². The molecule has 0 saturated heterocycles. The SMILES string of the molecule is CC1CCC(NC2CCCc3c2[nH]c2ccccc32)C1.Cl. The number of rotatable bonds is 2. The highest BCUT2D eigenvalue weighted by Gasteiger charge is 2.28. The molecule has 1 heterocycles. The summed E-state index contributed by atoms with van der Waals surface area (Å²) < 4.78 is 0. The van der Waals surface area contributed by atoms with E-state index in [1.807, 2.05) is 0 Å². The van der Waals surface area contributed by atoms with E-state index in [9.17, 15) is 0 Å². The van der Waals surface area contributed by atoms with Crippen molar-refractivity contribution in [2.24, 2.45) is 5.92 Å². The third-order valence-corrected chi connectivity index (χ3v) is 5.25. The highest BCUT2D eigenvalue weighted by Crippen LogP contribution is 2.36. The fraction of sp³-hybridized carbons (Fsp3) is 0.556. The zero-order valence-corrected chi connectivity index (χ0v) is 13.5. The van der Waals surface area contributed by atoms with Crippen molar-refractivity contribution >= 4 is 23.3 Å². The van der Waals surface area contributed by atoms with Gasteiger partial charge in [0.15, 0.2) is 0 Å². The third kappa shape index (κ3) is 2.72. The average molecular weight is 305 g/mol. The maximum Gasteiger partial charge on any atom is 0.0478 e. The van der Waals surface area contributed by atoms with Crippen molar-refractivity contribution in [3.63, 3.8) is 0 Å². The zero-order valence-electron chi connectivity index (χ0n) is 12.7. The molecule has 2 aliphatic rings. The molecule has 4 rings (SSSR count). The summed E-state index contributed by atoms with van der Waals surface area (Å²) in [5.74, 6) is 0.901. The summed E-state index contributed by atoms with van der Waals surface area (Å²) in [5.41, 5.74) is 4.35. The molecule has 3 atom stereocenters. The molecule has 0 radical (unpaired) electrons. The van der Waals surface area contributed by atoms with Crippen molar-refractivity contribution in [3.8, 4) is 0 Å². The summed E-state index contributed by atoms with van der Waals surface area (Å²) in [7, 11) is 0. The number of nitrogens with one attached hydrogen (secondary N) is 2. The number of aromatic amines is 1. The quantitative estimate of drug-likeness (QED) is 0.823. The van der Waals surface area contributed by atoms with Crippen molar-refractivity contribution in [1.29, 1.82) is 0 Å². The van der Waals surface area contributed by atoms with Gasteiger partial charge in [-0.1, -0.05) is 25.1 Å².